The maximum atomic E-state index is 12.6. The Kier molecular flexibility index (Phi) is 4.06. The van der Waals surface area contributed by atoms with Gasteiger partial charge in [-0.2, -0.15) is 4.31 Å². The molecule has 8 heteroatoms. The van der Waals surface area contributed by atoms with Crippen LogP contribution in [0.2, 0.25) is 0 Å². The number of hydrogen-bond acceptors (Lipinski definition) is 6. The monoisotopic (exact) mass is 320 g/mol. The zero-order chi connectivity index (χ0) is 15.6. The Morgan fingerprint density at radius 2 is 2.14 bits per heavy atom. The molecule has 0 unspecified atom stereocenters. The van der Waals surface area contributed by atoms with Crippen LogP contribution in [0.5, 0.6) is 0 Å². The summed E-state index contributed by atoms with van der Waals surface area (Å²) in [6.07, 6.45) is 2.46. The third kappa shape index (κ3) is 2.94. The maximum absolute atomic E-state index is 12.6. The van der Waals surface area contributed by atoms with E-state index in [1.165, 1.54) is 22.8 Å². The number of ether oxygens (including phenoxy) is 1. The van der Waals surface area contributed by atoms with Gasteiger partial charge in [0.1, 0.15) is 16.8 Å². The van der Waals surface area contributed by atoms with Crippen LogP contribution in [0.1, 0.15) is 11.8 Å². The lowest BCUT2D eigenvalue weighted by atomic mass is 10.2. The number of pyridine rings is 2. The van der Waals surface area contributed by atoms with Gasteiger partial charge in [-0.25, -0.2) is 13.4 Å². The van der Waals surface area contributed by atoms with E-state index in [1.54, 1.807) is 24.3 Å². The zero-order valence-corrected chi connectivity index (χ0v) is 12.6. The van der Waals surface area contributed by atoms with Crippen LogP contribution < -0.4 is 5.73 Å². The number of nitrogen functional groups attached to an aromatic ring is 1. The molecular weight excluding hydrogens is 304 g/mol. The van der Waals surface area contributed by atoms with Gasteiger partial charge in [-0.1, -0.05) is 6.07 Å². The smallest absolute Gasteiger partial charge is 0.244 e. The average molecular weight is 320 g/mol. The Labute approximate surface area is 128 Å². The second kappa shape index (κ2) is 5.99. The van der Waals surface area contributed by atoms with Crippen LogP contribution in [-0.4, -0.2) is 42.4 Å². The van der Waals surface area contributed by atoms with E-state index in [4.69, 9.17) is 10.5 Å². The van der Waals surface area contributed by atoms with Crippen molar-refractivity contribution >= 4 is 15.8 Å². The van der Waals surface area contributed by atoms with E-state index in [1.807, 2.05) is 0 Å². The van der Waals surface area contributed by atoms with Crippen LogP contribution in [0, 0.1) is 0 Å². The molecule has 22 heavy (non-hydrogen) atoms. The van der Waals surface area contributed by atoms with Crippen molar-refractivity contribution in [1.82, 2.24) is 14.3 Å². The predicted molar refractivity (Wildman–Crippen MR) is 80.3 cm³/mol. The first-order valence-corrected chi connectivity index (χ1v) is 8.25. The van der Waals surface area contributed by atoms with Gasteiger partial charge in [-0.3, -0.25) is 4.98 Å². The lowest BCUT2D eigenvalue weighted by Gasteiger charge is -2.31. The summed E-state index contributed by atoms with van der Waals surface area (Å²) < 4.78 is 32.3. The van der Waals surface area contributed by atoms with Crippen molar-refractivity contribution in [2.24, 2.45) is 0 Å². The van der Waals surface area contributed by atoms with E-state index in [0.717, 1.165) is 0 Å². The number of morpholine rings is 1. The molecule has 1 atom stereocenters. The Balaban J connectivity index is 1.84. The molecular formula is C14H16N4O3S. The first-order chi connectivity index (χ1) is 10.6. The van der Waals surface area contributed by atoms with Crippen molar-refractivity contribution in [1.29, 1.82) is 0 Å². The molecule has 1 aliphatic rings. The minimum Gasteiger partial charge on any atom is -0.384 e. The number of sulfonamides is 1. The summed E-state index contributed by atoms with van der Waals surface area (Å²) in [5, 5.41) is 0. The largest absolute Gasteiger partial charge is 0.384 e. The fraction of sp³-hybridized carbons (Fsp3) is 0.286. The molecule has 0 aliphatic carbocycles. The minimum atomic E-state index is -3.58. The number of rotatable bonds is 3. The summed E-state index contributed by atoms with van der Waals surface area (Å²) in [6.45, 7) is 0.810. The predicted octanol–water partition coefficient (Wildman–Crippen LogP) is 0.821. The van der Waals surface area contributed by atoms with E-state index < -0.39 is 16.1 Å². The number of anilines is 1. The van der Waals surface area contributed by atoms with Crippen LogP contribution in [0.3, 0.4) is 0 Å². The molecule has 1 aliphatic heterocycles. The van der Waals surface area contributed by atoms with Crippen LogP contribution in [0.15, 0.2) is 47.6 Å². The first kappa shape index (κ1) is 14.9. The highest BCUT2D eigenvalue weighted by Crippen LogP contribution is 2.25. The van der Waals surface area contributed by atoms with Gasteiger partial charge in [0.05, 0.1) is 12.3 Å². The zero-order valence-electron chi connectivity index (χ0n) is 11.8. The van der Waals surface area contributed by atoms with Crippen molar-refractivity contribution < 1.29 is 13.2 Å². The van der Waals surface area contributed by atoms with Gasteiger partial charge in [-0.05, 0) is 24.3 Å². The SMILES string of the molecule is Nc1cccc([C@@H]2CN(S(=O)(=O)c3cccnc3)CCO2)n1. The molecule has 3 heterocycles. The summed E-state index contributed by atoms with van der Waals surface area (Å²) in [7, 11) is -3.58. The molecule has 0 amide bonds. The lowest BCUT2D eigenvalue weighted by molar-refractivity contribution is -0.00486. The molecule has 3 rings (SSSR count). The van der Waals surface area contributed by atoms with Gasteiger partial charge < -0.3 is 10.5 Å². The van der Waals surface area contributed by atoms with Crippen LogP contribution in [0.25, 0.3) is 0 Å². The Bertz CT molecular complexity index is 752. The molecule has 1 fully saturated rings. The van der Waals surface area contributed by atoms with Crippen molar-refractivity contribution in [2.75, 3.05) is 25.4 Å². The molecule has 7 nitrogen and oxygen atoms in total. The third-order valence-electron chi connectivity index (χ3n) is 3.42. The molecule has 2 aromatic rings. The van der Waals surface area contributed by atoms with Gasteiger partial charge >= 0.3 is 0 Å². The molecule has 0 aromatic carbocycles. The summed E-state index contributed by atoms with van der Waals surface area (Å²) >= 11 is 0. The van der Waals surface area contributed by atoms with Gasteiger partial charge in [0.15, 0.2) is 0 Å². The molecule has 2 N–H and O–H groups in total. The number of nitrogens with two attached hydrogens (primary N) is 1. The number of nitrogens with zero attached hydrogens (tertiary/aromatic N) is 3. The molecule has 0 saturated carbocycles. The average Bonchev–Trinajstić information content (AvgIpc) is 2.56. The summed E-state index contributed by atoms with van der Waals surface area (Å²) in [5.41, 5.74) is 6.30. The van der Waals surface area contributed by atoms with Gasteiger partial charge in [-0.15, -0.1) is 0 Å². The van der Waals surface area contributed by atoms with E-state index in [9.17, 15) is 8.42 Å². The van der Waals surface area contributed by atoms with Crippen LogP contribution in [-0.2, 0) is 14.8 Å². The number of hydrogen-bond donors (Lipinski definition) is 1. The lowest BCUT2D eigenvalue weighted by Crippen LogP contribution is -2.42. The highest BCUT2D eigenvalue weighted by Gasteiger charge is 2.32. The fourth-order valence-corrected chi connectivity index (χ4v) is 3.71. The molecule has 0 radical (unpaired) electrons. The normalized spacial score (nSPS) is 19.9. The second-order valence-electron chi connectivity index (χ2n) is 4.90. The molecule has 1 saturated heterocycles. The van der Waals surface area contributed by atoms with Crippen molar-refractivity contribution in [2.45, 2.75) is 11.0 Å². The van der Waals surface area contributed by atoms with Crippen molar-refractivity contribution in [3.63, 3.8) is 0 Å². The molecule has 116 valence electrons. The third-order valence-corrected chi connectivity index (χ3v) is 5.27. The van der Waals surface area contributed by atoms with Crippen molar-refractivity contribution in [3.05, 3.63) is 48.4 Å². The summed E-state index contributed by atoms with van der Waals surface area (Å²) in [5.74, 6) is 0.383. The quantitative estimate of drug-likeness (QED) is 0.899. The van der Waals surface area contributed by atoms with Gasteiger partial charge in [0.2, 0.25) is 10.0 Å². The Hall–Kier alpha value is -2.03. The van der Waals surface area contributed by atoms with E-state index in [0.29, 0.717) is 24.7 Å². The minimum absolute atomic E-state index is 0.177. The second-order valence-corrected chi connectivity index (χ2v) is 6.84. The van der Waals surface area contributed by atoms with E-state index in [-0.39, 0.29) is 11.4 Å². The standard InChI is InChI=1S/C14H16N4O3S/c15-14-5-1-4-12(17-14)13-10-18(7-8-21-13)22(19,20)11-3-2-6-16-9-11/h1-6,9,13H,7-8,10H2,(H2,15,17)/t13-/m0/s1. The number of aromatic nitrogens is 2. The van der Waals surface area contributed by atoms with E-state index >= 15 is 0 Å². The van der Waals surface area contributed by atoms with E-state index in [2.05, 4.69) is 9.97 Å². The highest BCUT2D eigenvalue weighted by atomic mass is 32.2. The fourth-order valence-electron chi connectivity index (χ4n) is 2.32. The molecule has 2 aromatic heterocycles. The molecule has 0 spiro atoms. The topological polar surface area (TPSA) is 98.4 Å². The summed E-state index contributed by atoms with van der Waals surface area (Å²) in [4.78, 5) is 8.25. The van der Waals surface area contributed by atoms with Crippen LogP contribution >= 0.6 is 0 Å². The van der Waals surface area contributed by atoms with Crippen LogP contribution in [0.4, 0.5) is 5.82 Å². The molecule has 0 bridgehead atoms. The highest BCUT2D eigenvalue weighted by molar-refractivity contribution is 7.89. The Morgan fingerprint density at radius 3 is 2.86 bits per heavy atom. The van der Waals surface area contributed by atoms with Crippen molar-refractivity contribution in [3.8, 4) is 0 Å². The summed E-state index contributed by atoms with van der Waals surface area (Å²) in [6, 6.07) is 8.36. The maximum Gasteiger partial charge on any atom is 0.244 e. The first-order valence-electron chi connectivity index (χ1n) is 6.81. The Morgan fingerprint density at radius 1 is 1.27 bits per heavy atom. The van der Waals surface area contributed by atoms with Gasteiger partial charge in [0.25, 0.3) is 0 Å². The van der Waals surface area contributed by atoms with Gasteiger partial charge in [0, 0.05) is 25.5 Å².